The molecule has 1 fully saturated rings. The van der Waals surface area contributed by atoms with Crippen molar-refractivity contribution in [1.29, 1.82) is 0 Å². The van der Waals surface area contributed by atoms with Gasteiger partial charge in [-0.3, -0.25) is 24.7 Å². The van der Waals surface area contributed by atoms with E-state index in [9.17, 15) is 14.4 Å². The van der Waals surface area contributed by atoms with Crippen molar-refractivity contribution in [3.05, 3.63) is 24.0 Å². The van der Waals surface area contributed by atoms with Gasteiger partial charge >= 0.3 is 0 Å². The molecule has 7 heteroatoms. The van der Waals surface area contributed by atoms with Crippen LogP contribution >= 0.6 is 0 Å². The fraction of sp³-hybridized carbons (Fsp3) is 0.385. The molecule has 1 aliphatic rings. The molecule has 106 valence electrons. The van der Waals surface area contributed by atoms with Gasteiger partial charge in [0.1, 0.15) is 18.8 Å². The number of aromatic nitrogens is 1. The van der Waals surface area contributed by atoms with E-state index in [0.717, 1.165) is 18.7 Å². The molecule has 2 N–H and O–H groups in total. The summed E-state index contributed by atoms with van der Waals surface area (Å²) in [6.07, 6.45) is 2.49. The van der Waals surface area contributed by atoms with Gasteiger partial charge in [0.2, 0.25) is 11.8 Å². The highest BCUT2D eigenvalue weighted by molar-refractivity contribution is 6.05. The van der Waals surface area contributed by atoms with E-state index in [1.165, 1.54) is 11.1 Å². The third-order valence-corrected chi connectivity index (χ3v) is 2.79. The number of carbonyl (C=O) groups excluding carboxylic acids is 3. The number of nitrogens with one attached hydrogen (secondary N) is 2. The fourth-order valence-corrected chi connectivity index (χ4v) is 1.87. The standard InChI is InChI=1S/C13H16N4O3/c1-2-4-14-9-3-5-15-10(6-9)13(20)17-7-11(18)16-12(19)8-17/h3,5-6H,2,4,7-8H2,1H3,(H,14,15)(H,16,18,19). The zero-order valence-electron chi connectivity index (χ0n) is 11.2. The molecule has 0 bridgehead atoms. The van der Waals surface area contributed by atoms with Crippen LogP contribution in [0.2, 0.25) is 0 Å². The highest BCUT2D eigenvalue weighted by Gasteiger charge is 2.27. The van der Waals surface area contributed by atoms with E-state index >= 15 is 0 Å². The molecule has 0 aliphatic carbocycles. The second-order valence-electron chi connectivity index (χ2n) is 4.49. The van der Waals surface area contributed by atoms with Crippen LogP contribution in [0.4, 0.5) is 5.69 Å². The van der Waals surface area contributed by atoms with E-state index in [1.54, 1.807) is 12.1 Å². The van der Waals surface area contributed by atoms with Gasteiger partial charge in [0.25, 0.3) is 5.91 Å². The topological polar surface area (TPSA) is 91.4 Å². The van der Waals surface area contributed by atoms with Crippen LogP contribution in [0.1, 0.15) is 23.8 Å². The molecule has 20 heavy (non-hydrogen) atoms. The molecule has 2 heterocycles. The number of anilines is 1. The van der Waals surface area contributed by atoms with Crippen molar-refractivity contribution in [2.24, 2.45) is 0 Å². The Labute approximate surface area is 116 Å². The molecule has 0 saturated carbocycles. The number of hydrogen-bond acceptors (Lipinski definition) is 5. The molecule has 0 spiro atoms. The van der Waals surface area contributed by atoms with Crippen molar-refractivity contribution >= 4 is 23.4 Å². The van der Waals surface area contributed by atoms with E-state index in [2.05, 4.69) is 15.6 Å². The van der Waals surface area contributed by atoms with Crippen LogP contribution < -0.4 is 10.6 Å². The van der Waals surface area contributed by atoms with Gasteiger partial charge in [-0.2, -0.15) is 0 Å². The molecule has 7 nitrogen and oxygen atoms in total. The Morgan fingerprint density at radius 2 is 2.10 bits per heavy atom. The summed E-state index contributed by atoms with van der Waals surface area (Å²) in [6, 6.07) is 3.38. The number of hydrogen-bond donors (Lipinski definition) is 2. The third-order valence-electron chi connectivity index (χ3n) is 2.79. The lowest BCUT2D eigenvalue weighted by molar-refractivity contribution is -0.135. The molecule has 2 rings (SSSR count). The number of carbonyl (C=O) groups is 3. The number of nitrogens with zero attached hydrogens (tertiary/aromatic N) is 2. The van der Waals surface area contributed by atoms with E-state index in [1.807, 2.05) is 6.92 Å². The van der Waals surface area contributed by atoms with E-state index in [-0.39, 0.29) is 18.8 Å². The van der Waals surface area contributed by atoms with Gasteiger partial charge < -0.3 is 10.2 Å². The molecule has 0 radical (unpaired) electrons. The maximum Gasteiger partial charge on any atom is 0.273 e. The predicted octanol–water partition coefficient (Wildman–Crippen LogP) is 0.00210. The first-order valence-electron chi connectivity index (χ1n) is 6.42. The number of pyridine rings is 1. The molecule has 1 saturated heterocycles. The molecular weight excluding hydrogens is 260 g/mol. The highest BCUT2D eigenvalue weighted by Crippen LogP contribution is 2.11. The molecule has 1 aliphatic heterocycles. The van der Waals surface area contributed by atoms with Gasteiger partial charge in [-0.05, 0) is 18.6 Å². The second-order valence-corrected chi connectivity index (χ2v) is 4.49. The average molecular weight is 276 g/mol. The minimum atomic E-state index is -0.477. The summed E-state index contributed by atoms with van der Waals surface area (Å²) in [6.45, 7) is 2.58. The average Bonchev–Trinajstić information content (AvgIpc) is 2.43. The molecule has 3 amide bonds. The van der Waals surface area contributed by atoms with Crippen LogP contribution in [0.3, 0.4) is 0 Å². The van der Waals surface area contributed by atoms with Gasteiger partial charge in [0.05, 0.1) is 0 Å². The van der Waals surface area contributed by atoms with Crippen molar-refractivity contribution in [3.63, 3.8) is 0 Å². The predicted molar refractivity (Wildman–Crippen MR) is 72.1 cm³/mol. The number of imide groups is 1. The minimum Gasteiger partial charge on any atom is -0.385 e. The smallest absolute Gasteiger partial charge is 0.273 e. The van der Waals surface area contributed by atoms with Gasteiger partial charge in [-0.1, -0.05) is 6.92 Å². The molecule has 0 aromatic carbocycles. The Bertz CT molecular complexity index is 528. The van der Waals surface area contributed by atoms with Crippen molar-refractivity contribution in [2.45, 2.75) is 13.3 Å². The van der Waals surface area contributed by atoms with Gasteiger partial charge in [0.15, 0.2) is 0 Å². The van der Waals surface area contributed by atoms with Crippen molar-refractivity contribution < 1.29 is 14.4 Å². The maximum absolute atomic E-state index is 12.2. The first kappa shape index (κ1) is 14.0. The summed E-state index contributed by atoms with van der Waals surface area (Å²) in [7, 11) is 0. The Kier molecular flexibility index (Phi) is 4.29. The Morgan fingerprint density at radius 3 is 2.75 bits per heavy atom. The number of amides is 3. The van der Waals surface area contributed by atoms with Crippen molar-refractivity contribution in [3.8, 4) is 0 Å². The Morgan fingerprint density at radius 1 is 1.40 bits per heavy atom. The first-order valence-corrected chi connectivity index (χ1v) is 6.42. The lowest BCUT2D eigenvalue weighted by atomic mass is 10.2. The summed E-state index contributed by atoms with van der Waals surface area (Å²) in [5.74, 6) is -1.38. The summed E-state index contributed by atoms with van der Waals surface area (Å²) in [4.78, 5) is 39.9. The van der Waals surface area contributed by atoms with Crippen LogP contribution in [-0.4, -0.2) is 47.2 Å². The third kappa shape index (κ3) is 3.31. The highest BCUT2D eigenvalue weighted by atomic mass is 16.2. The molecule has 0 unspecified atom stereocenters. The minimum absolute atomic E-state index is 0.126. The molecule has 0 atom stereocenters. The SMILES string of the molecule is CCCNc1ccnc(C(=O)N2CC(=O)NC(=O)C2)c1. The number of rotatable bonds is 4. The van der Waals surface area contributed by atoms with Crippen molar-refractivity contribution in [2.75, 3.05) is 25.0 Å². The van der Waals surface area contributed by atoms with Gasteiger partial charge in [-0.15, -0.1) is 0 Å². The van der Waals surface area contributed by atoms with E-state index < -0.39 is 17.7 Å². The van der Waals surface area contributed by atoms with Crippen LogP contribution in [0.25, 0.3) is 0 Å². The molecular formula is C13H16N4O3. The zero-order valence-corrected chi connectivity index (χ0v) is 11.2. The quantitative estimate of drug-likeness (QED) is 0.755. The lowest BCUT2D eigenvalue weighted by Gasteiger charge is -2.25. The van der Waals surface area contributed by atoms with Crippen LogP contribution in [0.5, 0.6) is 0 Å². The second kappa shape index (κ2) is 6.14. The summed E-state index contributed by atoms with van der Waals surface area (Å²) >= 11 is 0. The van der Waals surface area contributed by atoms with Crippen LogP contribution in [-0.2, 0) is 9.59 Å². The summed E-state index contributed by atoms with van der Waals surface area (Å²) < 4.78 is 0. The van der Waals surface area contributed by atoms with E-state index in [0.29, 0.717) is 0 Å². The van der Waals surface area contributed by atoms with Crippen LogP contribution in [0.15, 0.2) is 18.3 Å². The summed E-state index contributed by atoms with van der Waals surface area (Å²) in [5, 5.41) is 5.30. The normalized spacial score (nSPS) is 14.9. The lowest BCUT2D eigenvalue weighted by Crippen LogP contribution is -2.53. The first-order chi connectivity index (χ1) is 9.60. The zero-order chi connectivity index (χ0) is 14.5. The monoisotopic (exact) mass is 276 g/mol. The van der Waals surface area contributed by atoms with Gasteiger partial charge in [-0.25, -0.2) is 0 Å². The fourth-order valence-electron chi connectivity index (χ4n) is 1.87. The van der Waals surface area contributed by atoms with Gasteiger partial charge in [0, 0.05) is 18.4 Å². The Hall–Kier alpha value is -2.44. The summed E-state index contributed by atoms with van der Waals surface area (Å²) in [5.41, 5.74) is 1.01. The molecule has 1 aromatic rings. The molecule has 1 aromatic heterocycles. The van der Waals surface area contributed by atoms with Crippen molar-refractivity contribution in [1.82, 2.24) is 15.2 Å². The number of piperazine rings is 1. The van der Waals surface area contributed by atoms with Crippen LogP contribution in [0, 0.1) is 0 Å². The largest absolute Gasteiger partial charge is 0.385 e. The van der Waals surface area contributed by atoms with E-state index in [4.69, 9.17) is 0 Å². The Balaban J connectivity index is 2.12. The maximum atomic E-state index is 12.2.